The Hall–Kier alpha value is -2.57. The summed E-state index contributed by atoms with van der Waals surface area (Å²) in [6, 6.07) is 9.91. The number of hydrogen-bond acceptors (Lipinski definition) is 3. The minimum atomic E-state index is -0.428. The van der Waals surface area contributed by atoms with E-state index in [9.17, 15) is 14.4 Å². The molecule has 28 heavy (non-hydrogen) atoms. The monoisotopic (exact) mass is 419 g/mol. The van der Waals surface area contributed by atoms with Gasteiger partial charge in [0, 0.05) is 29.2 Å². The van der Waals surface area contributed by atoms with Gasteiger partial charge in [-0.25, -0.2) is 0 Å². The topological polar surface area (TPSA) is 78.5 Å². The molecule has 1 saturated heterocycles. The van der Waals surface area contributed by atoms with Gasteiger partial charge >= 0.3 is 0 Å². The van der Waals surface area contributed by atoms with Gasteiger partial charge in [-0.15, -0.1) is 0 Å². The van der Waals surface area contributed by atoms with Crippen molar-refractivity contribution in [2.75, 3.05) is 23.3 Å². The normalized spacial score (nSPS) is 13.5. The molecule has 146 valence electrons. The van der Waals surface area contributed by atoms with Crippen molar-refractivity contribution in [3.05, 3.63) is 57.6 Å². The van der Waals surface area contributed by atoms with Gasteiger partial charge < -0.3 is 15.5 Å². The van der Waals surface area contributed by atoms with Crippen LogP contribution in [0.1, 0.15) is 28.8 Å². The molecule has 1 aliphatic rings. The van der Waals surface area contributed by atoms with Crippen molar-refractivity contribution in [1.29, 1.82) is 0 Å². The third-order valence-corrected chi connectivity index (χ3v) is 5.25. The summed E-state index contributed by atoms with van der Waals surface area (Å²) in [5.41, 5.74) is 2.18. The molecule has 1 fully saturated rings. The van der Waals surface area contributed by atoms with Crippen LogP contribution in [-0.4, -0.2) is 30.8 Å². The minimum absolute atomic E-state index is 0.0178. The van der Waals surface area contributed by atoms with Crippen LogP contribution in [-0.2, 0) is 9.59 Å². The first-order valence-corrected chi connectivity index (χ1v) is 9.55. The molecule has 0 radical (unpaired) electrons. The molecule has 0 unspecified atom stereocenters. The molecule has 6 nitrogen and oxygen atoms in total. The molecule has 0 aliphatic carbocycles. The Morgan fingerprint density at radius 3 is 2.64 bits per heavy atom. The van der Waals surface area contributed by atoms with Crippen molar-refractivity contribution < 1.29 is 14.4 Å². The summed E-state index contributed by atoms with van der Waals surface area (Å²) in [6.45, 7) is 2.17. The zero-order valence-corrected chi connectivity index (χ0v) is 16.7. The van der Waals surface area contributed by atoms with Crippen LogP contribution < -0.4 is 15.5 Å². The van der Waals surface area contributed by atoms with Crippen molar-refractivity contribution in [2.24, 2.45) is 0 Å². The fraction of sp³-hybridized carbons (Fsp3) is 0.250. The largest absolute Gasteiger partial charge is 0.343 e. The number of hydrogen-bond donors (Lipinski definition) is 2. The third kappa shape index (κ3) is 4.46. The highest BCUT2D eigenvalue weighted by Gasteiger charge is 2.24. The van der Waals surface area contributed by atoms with Gasteiger partial charge in [-0.05, 0) is 49.2 Å². The number of halogens is 2. The van der Waals surface area contributed by atoms with Crippen molar-refractivity contribution in [2.45, 2.75) is 19.8 Å². The average Bonchev–Trinajstić information content (AvgIpc) is 3.09. The van der Waals surface area contributed by atoms with Gasteiger partial charge in [-0.1, -0.05) is 29.3 Å². The Kier molecular flexibility index (Phi) is 6.21. The molecule has 0 atom stereocenters. The number of amides is 3. The van der Waals surface area contributed by atoms with E-state index >= 15 is 0 Å². The van der Waals surface area contributed by atoms with Gasteiger partial charge in [0.2, 0.25) is 11.8 Å². The maximum atomic E-state index is 12.4. The zero-order valence-electron chi connectivity index (χ0n) is 15.2. The molecule has 0 bridgehead atoms. The predicted molar refractivity (Wildman–Crippen MR) is 110 cm³/mol. The lowest BCUT2D eigenvalue weighted by atomic mass is 10.1. The SMILES string of the molecule is Cc1c(Cl)cccc1NC(=O)CNC(=O)c1ccc(Cl)c(N2CCCC2=O)c1. The molecule has 1 heterocycles. The summed E-state index contributed by atoms with van der Waals surface area (Å²) in [6.07, 6.45) is 1.23. The van der Waals surface area contributed by atoms with Gasteiger partial charge in [0.15, 0.2) is 0 Å². The van der Waals surface area contributed by atoms with Gasteiger partial charge in [0.1, 0.15) is 0 Å². The summed E-state index contributed by atoms with van der Waals surface area (Å²) < 4.78 is 0. The van der Waals surface area contributed by atoms with E-state index in [1.165, 1.54) is 0 Å². The molecule has 3 rings (SSSR count). The van der Waals surface area contributed by atoms with Crippen LogP contribution in [0.3, 0.4) is 0 Å². The smallest absolute Gasteiger partial charge is 0.251 e. The van der Waals surface area contributed by atoms with Crippen LogP contribution in [0.5, 0.6) is 0 Å². The number of anilines is 2. The fourth-order valence-corrected chi connectivity index (χ4v) is 3.36. The molecule has 0 spiro atoms. The summed E-state index contributed by atoms with van der Waals surface area (Å²) in [7, 11) is 0. The van der Waals surface area contributed by atoms with Crippen molar-refractivity contribution in [3.63, 3.8) is 0 Å². The highest BCUT2D eigenvalue weighted by atomic mass is 35.5. The number of nitrogens with one attached hydrogen (secondary N) is 2. The maximum absolute atomic E-state index is 12.4. The fourth-order valence-electron chi connectivity index (χ4n) is 2.96. The van der Waals surface area contributed by atoms with Gasteiger partial charge in [0.25, 0.3) is 5.91 Å². The predicted octanol–water partition coefficient (Wildman–Crippen LogP) is 3.80. The number of carbonyl (C=O) groups excluding carboxylic acids is 3. The van der Waals surface area contributed by atoms with Crippen molar-refractivity contribution in [1.82, 2.24) is 5.32 Å². The molecule has 0 saturated carbocycles. The molecule has 0 aromatic heterocycles. The van der Waals surface area contributed by atoms with E-state index in [1.54, 1.807) is 48.2 Å². The van der Waals surface area contributed by atoms with Crippen molar-refractivity contribution >= 4 is 52.3 Å². The lowest BCUT2D eigenvalue weighted by molar-refractivity contribution is -0.117. The Morgan fingerprint density at radius 2 is 1.93 bits per heavy atom. The summed E-state index contributed by atoms with van der Waals surface area (Å²) in [4.78, 5) is 38.1. The molecule has 3 amide bonds. The molecule has 1 aliphatic heterocycles. The van der Waals surface area contributed by atoms with E-state index in [1.807, 2.05) is 0 Å². The van der Waals surface area contributed by atoms with Crippen LogP contribution >= 0.6 is 23.2 Å². The summed E-state index contributed by atoms with van der Waals surface area (Å²) in [5, 5.41) is 6.24. The Labute approximate surface area is 172 Å². The lowest BCUT2D eigenvalue weighted by Crippen LogP contribution is -2.33. The number of benzene rings is 2. The number of nitrogens with zero attached hydrogens (tertiary/aromatic N) is 1. The Balaban J connectivity index is 1.64. The first-order valence-electron chi connectivity index (χ1n) is 8.80. The van der Waals surface area contributed by atoms with Crippen LogP contribution in [0.4, 0.5) is 11.4 Å². The van der Waals surface area contributed by atoms with E-state index in [2.05, 4.69) is 10.6 Å². The second-order valence-corrected chi connectivity index (χ2v) is 7.27. The Bertz CT molecular complexity index is 946. The quantitative estimate of drug-likeness (QED) is 0.773. The zero-order chi connectivity index (χ0) is 20.3. The Morgan fingerprint density at radius 1 is 1.14 bits per heavy atom. The highest BCUT2D eigenvalue weighted by Crippen LogP contribution is 2.30. The van der Waals surface area contributed by atoms with E-state index < -0.39 is 5.91 Å². The second kappa shape index (κ2) is 8.63. The molecule has 2 aromatic carbocycles. The third-order valence-electron chi connectivity index (χ3n) is 4.52. The van der Waals surface area contributed by atoms with Crippen LogP contribution in [0.25, 0.3) is 0 Å². The molecule has 2 N–H and O–H groups in total. The van der Waals surface area contributed by atoms with Crippen molar-refractivity contribution in [3.8, 4) is 0 Å². The molecule has 8 heteroatoms. The standard InChI is InChI=1S/C20H19Cl2N3O3/c1-12-14(21)4-2-5-16(12)24-18(26)11-23-20(28)13-7-8-15(22)17(10-13)25-9-3-6-19(25)27/h2,4-5,7-8,10H,3,6,9,11H2,1H3,(H,23,28)(H,24,26). The van der Waals surface area contributed by atoms with E-state index in [4.69, 9.17) is 23.2 Å². The number of carbonyl (C=O) groups is 3. The van der Waals surface area contributed by atoms with E-state index in [0.717, 1.165) is 12.0 Å². The lowest BCUT2D eigenvalue weighted by Gasteiger charge is -2.18. The minimum Gasteiger partial charge on any atom is -0.343 e. The maximum Gasteiger partial charge on any atom is 0.251 e. The summed E-state index contributed by atoms with van der Waals surface area (Å²) in [5.74, 6) is -0.819. The molecule has 2 aromatic rings. The van der Waals surface area contributed by atoms with Gasteiger partial charge in [-0.3, -0.25) is 14.4 Å². The highest BCUT2D eigenvalue weighted by molar-refractivity contribution is 6.34. The molecular weight excluding hydrogens is 401 g/mol. The van der Waals surface area contributed by atoms with E-state index in [0.29, 0.717) is 39.9 Å². The van der Waals surface area contributed by atoms with Crippen LogP contribution in [0.2, 0.25) is 10.0 Å². The second-order valence-electron chi connectivity index (χ2n) is 6.46. The molecular formula is C20H19Cl2N3O3. The number of rotatable bonds is 5. The van der Waals surface area contributed by atoms with E-state index in [-0.39, 0.29) is 18.4 Å². The van der Waals surface area contributed by atoms with Crippen LogP contribution in [0.15, 0.2) is 36.4 Å². The van der Waals surface area contributed by atoms with Gasteiger partial charge in [-0.2, -0.15) is 0 Å². The first kappa shape index (κ1) is 20.2. The van der Waals surface area contributed by atoms with Crippen LogP contribution in [0, 0.1) is 6.92 Å². The summed E-state index contributed by atoms with van der Waals surface area (Å²) >= 11 is 12.2. The van der Waals surface area contributed by atoms with Gasteiger partial charge in [0.05, 0.1) is 17.3 Å². The average molecular weight is 420 g/mol. The first-order chi connectivity index (χ1) is 13.4.